The van der Waals surface area contributed by atoms with Gasteiger partial charge in [-0.2, -0.15) is 0 Å². The van der Waals surface area contributed by atoms with E-state index in [9.17, 15) is 19.8 Å². The number of rotatable bonds is 65. The van der Waals surface area contributed by atoms with Gasteiger partial charge in [0.2, 0.25) is 5.91 Å². The van der Waals surface area contributed by atoms with Crippen LogP contribution in [0.3, 0.4) is 0 Å². The fourth-order valence-electron chi connectivity index (χ4n) is 11.1. The zero-order valence-electron chi connectivity index (χ0n) is 51.1. The Morgan fingerprint density at radius 2 is 0.627 bits per heavy atom. The second-order valence-corrected chi connectivity index (χ2v) is 23.9. The Balaban J connectivity index is 3.37. The van der Waals surface area contributed by atoms with Crippen LogP contribution in [0.2, 0.25) is 0 Å². The van der Waals surface area contributed by atoms with Gasteiger partial charge in [-0.3, -0.25) is 9.59 Å². The number of amides is 1. The molecule has 2 unspecified atom stereocenters. The monoisotopic (exact) mass is 1060 g/mol. The fraction of sp³-hybridized carbons (Fsp3) is 0.942. The summed E-state index contributed by atoms with van der Waals surface area (Å²) in [5.74, 6) is -0.0128. The second kappa shape index (κ2) is 65.1. The average Bonchev–Trinajstić information content (AvgIpc) is 3.41. The van der Waals surface area contributed by atoms with E-state index in [-0.39, 0.29) is 18.5 Å². The topological polar surface area (TPSA) is 95.9 Å². The lowest BCUT2D eigenvalue weighted by molar-refractivity contribution is -0.143. The van der Waals surface area contributed by atoms with E-state index in [1.807, 2.05) is 0 Å². The van der Waals surface area contributed by atoms with Crippen molar-refractivity contribution in [1.82, 2.24) is 5.32 Å². The molecular weight excluding hydrogens is 923 g/mol. The Morgan fingerprint density at radius 3 is 0.947 bits per heavy atom. The summed E-state index contributed by atoms with van der Waals surface area (Å²) >= 11 is 0. The molecule has 0 fully saturated rings. The Hall–Kier alpha value is -1.40. The first-order valence-electron chi connectivity index (χ1n) is 34.4. The van der Waals surface area contributed by atoms with Crippen LogP contribution in [0, 0.1) is 0 Å². The minimum atomic E-state index is -0.664. The first-order valence-corrected chi connectivity index (χ1v) is 34.4. The summed E-state index contributed by atoms with van der Waals surface area (Å²) in [6.07, 6.45) is 79.7. The first-order chi connectivity index (χ1) is 37.0. The summed E-state index contributed by atoms with van der Waals surface area (Å²) in [6.45, 7) is 4.99. The van der Waals surface area contributed by atoms with E-state index in [4.69, 9.17) is 4.74 Å². The molecule has 0 aromatic rings. The van der Waals surface area contributed by atoms with Crippen LogP contribution in [-0.2, 0) is 14.3 Å². The summed E-state index contributed by atoms with van der Waals surface area (Å²) < 4.78 is 5.49. The van der Waals surface area contributed by atoms with E-state index in [0.717, 1.165) is 38.5 Å². The molecule has 446 valence electrons. The maximum Gasteiger partial charge on any atom is 0.305 e. The highest BCUT2D eigenvalue weighted by molar-refractivity contribution is 5.76. The number of unbranched alkanes of at least 4 members (excludes halogenated alkanes) is 52. The molecule has 75 heavy (non-hydrogen) atoms. The average molecular weight is 1060 g/mol. The molecule has 0 aromatic carbocycles. The second-order valence-electron chi connectivity index (χ2n) is 23.9. The largest absolute Gasteiger partial charge is 0.466 e. The van der Waals surface area contributed by atoms with Crippen LogP contribution in [0.4, 0.5) is 0 Å². The third kappa shape index (κ3) is 61.7. The van der Waals surface area contributed by atoms with Crippen LogP contribution in [-0.4, -0.2) is 47.4 Å². The van der Waals surface area contributed by atoms with Crippen molar-refractivity contribution in [2.45, 2.75) is 405 Å². The molecule has 3 N–H and O–H groups in total. The van der Waals surface area contributed by atoms with Gasteiger partial charge in [0.05, 0.1) is 25.4 Å². The number of ether oxygens (including phenoxy) is 1. The Kier molecular flexibility index (Phi) is 63.9. The highest BCUT2D eigenvalue weighted by atomic mass is 16.5. The van der Waals surface area contributed by atoms with Crippen LogP contribution in [0.1, 0.15) is 393 Å². The van der Waals surface area contributed by atoms with Crippen molar-refractivity contribution in [2.75, 3.05) is 13.2 Å². The summed E-state index contributed by atoms with van der Waals surface area (Å²) in [7, 11) is 0. The van der Waals surface area contributed by atoms with Crippen LogP contribution in [0.25, 0.3) is 0 Å². The van der Waals surface area contributed by atoms with Gasteiger partial charge in [-0.15, -0.1) is 0 Å². The van der Waals surface area contributed by atoms with Gasteiger partial charge in [-0.25, -0.2) is 0 Å². The van der Waals surface area contributed by atoms with Crippen molar-refractivity contribution >= 4 is 11.9 Å². The molecule has 6 nitrogen and oxygen atoms in total. The molecule has 0 aromatic heterocycles. The van der Waals surface area contributed by atoms with Crippen molar-refractivity contribution in [2.24, 2.45) is 0 Å². The van der Waals surface area contributed by atoms with Gasteiger partial charge in [-0.05, 0) is 51.4 Å². The molecule has 0 heterocycles. The molecule has 0 radical (unpaired) electrons. The van der Waals surface area contributed by atoms with Gasteiger partial charge in [-0.1, -0.05) is 341 Å². The van der Waals surface area contributed by atoms with Crippen molar-refractivity contribution < 1.29 is 24.5 Å². The maximum atomic E-state index is 12.5. The number of allylic oxidation sites excluding steroid dienone is 2. The van der Waals surface area contributed by atoms with Gasteiger partial charge in [0.15, 0.2) is 0 Å². The maximum absolute atomic E-state index is 12.5. The number of carbonyl (C=O) groups excluding carboxylic acids is 2. The van der Waals surface area contributed by atoms with E-state index in [1.54, 1.807) is 0 Å². The van der Waals surface area contributed by atoms with E-state index in [0.29, 0.717) is 25.9 Å². The lowest BCUT2D eigenvalue weighted by Gasteiger charge is -2.22. The fourth-order valence-corrected chi connectivity index (χ4v) is 11.1. The zero-order valence-corrected chi connectivity index (χ0v) is 51.1. The molecule has 0 aliphatic heterocycles. The molecular formula is C69H135NO5. The van der Waals surface area contributed by atoms with Crippen LogP contribution < -0.4 is 5.32 Å². The number of aliphatic hydroxyl groups is 2. The zero-order chi connectivity index (χ0) is 54.3. The predicted octanol–water partition coefficient (Wildman–Crippen LogP) is 22.0. The van der Waals surface area contributed by atoms with Crippen molar-refractivity contribution in [1.29, 1.82) is 0 Å². The first kappa shape index (κ1) is 73.6. The summed E-state index contributed by atoms with van der Waals surface area (Å²) in [4.78, 5) is 24.6. The van der Waals surface area contributed by atoms with E-state index < -0.39 is 12.1 Å². The lowest BCUT2D eigenvalue weighted by Crippen LogP contribution is -2.45. The van der Waals surface area contributed by atoms with E-state index in [1.165, 1.54) is 321 Å². The highest BCUT2D eigenvalue weighted by Crippen LogP contribution is 2.19. The smallest absolute Gasteiger partial charge is 0.305 e. The Bertz CT molecular complexity index is 1130. The van der Waals surface area contributed by atoms with Crippen LogP contribution in [0.5, 0.6) is 0 Å². The summed E-state index contributed by atoms with van der Waals surface area (Å²) in [6, 6.07) is -0.541. The van der Waals surface area contributed by atoms with Crippen molar-refractivity contribution in [3.05, 3.63) is 12.2 Å². The number of nitrogens with one attached hydrogen (secondary N) is 1. The standard InChI is InChI=1S/C69H135NO5/c1-3-5-7-9-11-13-15-17-18-31-34-38-41-45-49-53-57-61-67(72)66(65-71)70-68(73)62-58-54-50-46-42-39-35-32-29-27-25-23-21-19-20-22-24-26-28-30-33-36-40-44-48-52-56-60-64-75-69(74)63-59-55-51-47-43-37-16-14-12-10-8-6-4-2/h19-20,66-67,71-72H,3-18,21-65H2,1-2H3,(H,70,73)/b20-19-. The third-order valence-electron chi connectivity index (χ3n) is 16.3. The Morgan fingerprint density at radius 1 is 0.360 bits per heavy atom. The van der Waals surface area contributed by atoms with Gasteiger partial charge in [0.25, 0.3) is 0 Å². The molecule has 0 bridgehead atoms. The lowest BCUT2D eigenvalue weighted by atomic mass is 10.0. The van der Waals surface area contributed by atoms with Crippen LogP contribution in [0.15, 0.2) is 12.2 Å². The van der Waals surface area contributed by atoms with Crippen LogP contribution >= 0.6 is 0 Å². The normalized spacial score (nSPS) is 12.5. The van der Waals surface area contributed by atoms with Crippen molar-refractivity contribution in [3.8, 4) is 0 Å². The van der Waals surface area contributed by atoms with Gasteiger partial charge in [0, 0.05) is 12.8 Å². The quantitative estimate of drug-likeness (QED) is 0.0320. The molecule has 0 spiro atoms. The minimum Gasteiger partial charge on any atom is -0.466 e. The highest BCUT2D eigenvalue weighted by Gasteiger charge is 2.20. The van der Waals surface area contributed by atoms with Gasteiger partial charge in [0.1, 0.15) is 0 Å². The molecule has 6 heteroatoms. The third-order valence-corrected chi connectivity index (χ3v) is 16.3. The van der Waals surface area contributed by atoms with Gasteiger partial charge >= 0.3 is 5.97 Å². The SMILES string of the molecule is CCCCCCCCCCCCCCCCCCCC(O)C(CO)NC(=O)CCCCCCCCCCCCCC/C=C\CCCCCCCCCCCCCCOC(=O)CCCCCCCCCCCCCCC. The Labute approximate surface area is 469 Å². The van der Waals surface area contributed by atoms with Crippen molar-refractivity contribution in [3.63, 3.8) is 0 Å². The number of hydrogen-bond donors (Lipinski definition) is 3. The number of carbonyl (C=O) groups is 2. The molecule has 0 saturated carbocycles. The van der Waals surface area contributed by atoms with E-state index in [2.05, 4.69) is 31.3 Å². The molecule has 0 rings (SSSR count). The molecule has 2 atom stereocenters. The molecule has 0 aliphatic carbocycles. The molecule has 0 saturated heterocycles. The molecule has 0 aliphatic rings. The predicted molar refractivity (Wildman–Crippen MR) is 329 cm³/mol. The number of esters is 1. The van der Waals surface area contributed by atoms with Gasteiger partial charge < -0.3 is 20.3 Å². The summed E-state index contributed by atoms with van der Waals surface area (Å²) in [5.41, 5.74) is 0. The number of aliphatic hydroxyl groups excluding tert-OH is 2. The number of hydrogen-bond acceptors (Lipinski definition) is 5. The molecule has 1 amide bonds. The van der Waals surface area contributed by atoms with E-state index >= 15 is 0 Å². The minimum absolute atomic E-state index is 0.0182. The summed E-state index contributed by atoms with van der Waals surface area (Å²) in [5, 5.41) is 23.4.